The van der Waals surface area contributed by atoms with E-state index in [1.165, 1.54) is 19.3 Å². The van der Waals surface area contributed by atoms with E-state index >= 15 is 0 Å². The lowest BCUT2D eigenvalue weighted by Crippen LogP contribution is -2.48. The largest absolute Gasteiger partial charge is 0.366 e. The molecule has 13 heavy (non-hydrogen) atoms. The summed E-state index contributed by atoms with van der Waals surface area (Å²) in [7, 11) is 1.91. The first-order valence-electron chi connectivity index (χ1n) is 5.17. The molecule has 1 rings (SSSR count). The SMILES string of the molecule is CCC1CCC(C)N(C(=S)NC)C1. The van der Waals surface area contributed by atoms with Gasteiger partial charge in [-0.1, -0.05) is 13.3 Å². The van der Waals surface area contributed by atoms with Gasteiger partial charge in [0.2, 0.25) is 0 Å². The van der Waals surface area contributed by atoms with Crippen molar-refractivity contribution in [1.29, 1.82) is 0 Å². The highest BCUT2D eigenvalue weighted by Gasteiger charge is 2.25. The first kappa shape index (κ1) is 10.8. The zero-order valence-electron chi connectivity index (χ0n) is 8.84. The summed E-state index contributed by atoms with van der Waals surface area (Å²) in [6.07, 6.45) is 3.91. The molecule has 1 aliphatic heterocycles. The number of thiocarbonyl (C=S) groups is 1. The van der Waals surface area contributed by atoms with Gasteiger partial charge >= 0.3 is 0 Å². The minimum absolute atomic E-state index is 0.614. The lowest BCUT2D eigenvalue weighted by molar-refractivity contribution is 0.192. The predicted octanol–water partition coefficient (Wildman–Crippen LogP) is 2.00. The first-order valence-corrected chi connectivity index (χ1v) is 5.58. The van der Waals surface area contributed by atoms with Gasteiger partial charge in [-0.3, -0.25) is 0 Å². The Bertz CT molecular complexity index is 182. The molecule has 1 fully saturated rings. The van der Waals surface area contributed by atoms with Crippen LogP contribution in [0.4, 0.5) is 0 Å². The summed E-state index contributed by atoms with van der Waals surface area (Å²) in [5.74, 6) is 0.836. The fourth-order valence-corrected chi connectivity index (χ4v) is 2.20. The van der Waals surface area contributed by atoms with Crippen LogP contribution in [0, 0.1) is 5.92 Å². The monoisotopic (exact) mass is 200 g/mol. The molecule has 0 aliphatic carbocycles. The average Bonchev–Trinajstić information content (AvgIpc) is 2.17. The summed E-state index contributed by atoms with van der Waals surface area (Å²) < 4.78 is 0. The van der Waals surface area contributed by atoms with E-state index in [1.807, 2.05) is 7.05 Å². The number of piperidine rings is 1. The van der Waals surface area contributed by atoms with Crippen LogP contribution in [0.1, 0.15) is 33.1 Å². The van der Waals surface area contributed by atoms with E-state index in [9.17, 15) is 0 Å². The topological polar surface area (TPSA) is 15.3 Å². The highest BCUT2D eigenvalue weighted by molar-refractivity contribution is 7.80. The molecule has 1 aliphatic rings. The van der Waals surface area contributed by atoms with Crippen molar-refractivity contribution in [3.05, 3.63) is 0 Å². The van der Waals surface area contributed by atoms with E-state index in [-0.39, 0.29) is 0 Å². The molecule has 0 saturated carbocycles. The number of hydrogen-bond donors (Lipinski definition) is 1. The van der Waals surface area contributed by atoms with Crippen molar-refractivity contribution in [1.82, 2.24) is 10.2 Å². The number of rotatable bonds is 1. The first-order chi connectivity index (χ1) is 6.19. The second kappa shape index (κ2) is 4.80. The van der Waals surface area contributed by atoms with Crippen molar-refractivity contribution in [2.24, 2.45) is 5.92 Å². The fourth-order valence-electron chi connectivity index (χ4n) is 1.94. The molecule has 2 atom stereocenters. The Kier molecular flexibility index (Phi) is 3.97. The van der Waals surface area contributed by atoms with E-state index in [1.54, 1.807) is 0 Å². The standard InChI is InChI=1S/C10H20N2S/c1-4-9-6-5-8(2)12(7-9)10(13)11-3/h8-9H,4-7H2,1-3H3,(H,11,13). The molecular weight excluding hydrogens is 180 g/mol. The van der Waals surface area contributed by atoms with Gasteiger partial charge in [0, 0.05) is 19.6 Å². The van der Waals surface area contributed by atoms with E-state index in [4.69, 9.17) is 12.2 Å². The molecule has 2 nitrogen and oxygen atoms in total. The van der Waals surface area contributed by atoms with Gasteiger partial charge in [0.05, 0.1) is 0 Å². The zero-order chi connectivity index (χ0) is 9.84. The molecule has 1 heterocycles. The lowest BCUT2D eigenvalue weighted by Gasteiger charge is -2.39. The maximum atomic E-state index is 5.27. The Balaban J connectivity index is 2.54. The molecule has 76 valence electrons. The van der Waals surface area contributed by atoms with Crippen LogP contribution in [-0.4, -0.2) is 29.6 Å². The molecule has 1 N–H and O–H groups in total. The summed E-state index contributed by atoms with van der Waals surface area (Å²) in [4.78, 5) is 2.33. The van der Waals surface area contributed by atoms with Crippen LogP contribution in [0.5, 0.6) is 0 Å². The minimum Gasteiger partial charge on any atom is -0.366 e. The summed E-state index contributed by atoms with van der Waals surface area (Å²) in [5.41, 5.74) is 0. The van der Waals surface area contributed by atoms with Gasteiger partial charge in [-0.15, -0.1) is 0 Å². The maximum Gasteiger partial charge on any atom is 0.168 e. The highest BCUT2D eigenvalue weighted by atomic mass is 32.1. The van der Waals surface area contributed by atoms with Crippen molar-refractivity contribution in [2.75, 3.05) is 13.6 Å². The summed E-state index contributed by atoms with van der Waals surface area (Å²) in [6, 6.07) is 0.614. The molecule has 0 amide bonds. The Morgan fingerprint density at radius 1 is 1.54 bits per heavy atom. The van der Waals surface area contributed by atoms with Crippen LogP contribution in [0.15, 0.2) is 0 Å². The minimum atomic E-state index is 0.614. The van der Waals surface area contributed by atoms with E-state index in [2.05, 4.69) is 24.1 Å². The third-order valence-corrected chi connectivity index (χ3v) is 3.47. The number of likely N-dealkylation sites (tertiary alicyclic amines) is 1. The Hall–Kier alpha value is -0.310. The molecule has 0 aromatic carbocycles. The van der Waals surface area contributed by atoms with Gasteiger partial charge in [0.1, 0.15) is 0 Å². The van der Waals surface area contributed by atoms with Crippen molar-refractivity contribution in [2.45, 2.75) is 39.2 Å². The molecule has 3 heteroatoms. The summed E-state index contributed by atoms with van der Waals surface area (Å²) in [5, 5.41) is 3.98. The van der Waals surface area contributed by atoms with Crippen molar-refractivity contribution < 1.29 is 0 Å². The van der Waals surface area contributed by atoms with Gasteiger partial charge < -0.3 is 10.2 Å². The van der Waals surface area contributed by atoms with Crippen LogP contribution in [-0.2, 0) is 0 Å². The van der Waals surface area contributed by atoms with Crippen molar-refractivity contribution in [3.63, 3.8) is 0 Å². The zero-order valence-corrected chi connectivity index (χ0v) is 9.66. The predicted molar refractivity (Wildman–Crippen MR) is 60.8 cm³/mol. The maximum absolute atomic E-state index is 5.27. The molecule has 0 aromatic rings. The molecule has 0 aromatic heterocycles. The van der Waals surface area contributed by atoms with E-state index in [0.717, 1.165) is 17.6 Å². The Morgan fingerprint density at radius 2 is 2.23 bits per heavy atom. The van der Waals surface area contributed by atoms with Crippen LogP contribution in [0.2, 0.25) is 0 Å². The highest BCUT2D eigenvalue weighted by Crippen LogP contribution is 2.23. The molecule has 0 bridgehead atoms. The molecule has 0 radical (unpaired) electrons. The lowest BCUT2D eigenvalue weighted by atomic mass is 9.92. The number of nitrogens with zero attached hydrogens (tertiary/aromatic N) is 1. The van der Waals surface area contributed by atoms with Gasteiger partial charge in [-0.2, -0.15) is 0 Å². The second-order valence-corrected chi connectivity index (χ2v) is 4.29. The van der Waals surface area contributed by atoms with Crippen LogP contribution in [0.3, 0.4) is 0 Å². The second-order valence-electron chi connectivity index (χ2n) is 3.91. The van der Waals surface area contributed by atoms with Gasteiger partial charge in [-0.25, -0.2) is 0 Å². The average molecular weight is 200 g/mol. The quantitative estimate of drug-likeness (QED) is 0.652. The third kappa shape index (κ3) is 2.56. The fraction of sp³-hybridized carbons (Fsp3) is 0.900. The van der Waals surface area contributed by atoms with Gasteiger partial charge in [-0.05, 0) is 37.9 Å². The summed E-state index contributed by atoms with van der Waals surface area (Å²) in [6.45, 7) is 5.66. The van der Waals surface area contributed by atoms with E-state index < -0.39 is 0 Å². The number of hydrogen-bond acceptors (Lipinski definition) is 1. The van der Waals surface area contributed by atoms with Crippen molar-refractivity contribution in [3.8, 4) is 0 Å². The molecular formula is C10H20N2S. The van der Waals surface area contributed by atoms with Crippen LogP contribution < -0.4 is 5.32 Å². The molecule has 0 spiro atoms. The van der Waals surface area contributed by atoms with Crippen LogP contribution >= 0.6 is 12.2 Å². The third-order valence-electron chi connectivity index (χ3n) is 3.03. The normalized spacial score (nSPS) is 28.7. The number of nitrogens with one attached hydrogen (secondary N) is 1. The Morgan fingerprint density at radius 3 is 2.77 bits per heavy atom. The Labute approximate surface area is 86.7 Å². The van der Waals surface area contributed by atoms with Gasteiger partial charge in [0.15, 0.2) is 5.11 Å². The molecule has 2 unspecified atom stereocenters. The van der Waals surface area contributed by atoms with Crippen molar-refractivity contribution >= 4 is 17.3 Å². The molecule has 1 saturated heterocycles. The summed E-state index contributed by atoms with van der Waals surface area (Å²) >= 11 is 5.27. The van der Waals surface area contributed by atoms with Crippen LogP contribution in [0.25, 0.3) is 0 Å². The smallest absolute Gasteiger partial charge is 0.168 e. The van der Waals surface area contributed by atoms with E-state index in [0.29, 0.717) is 6.04 Å². The van der Waals surface area contributed by atoms with Gasteiger partial charge in [0.25, 0.3) is 0 Å².